The number of imide groups is 1. The molecule has 9 heteroatoms. The second-order valence-electron chi connectivity index (χ2n) is 5.22. The summed E-state index contributed by atoms with van der Waals surface area (Å²) in [6.45, 7) is 3.66. The molecule has 26 heavy (non-hydrogen) atoms. The molecule has 1 aromatic rings. The van der Waals surface area contributed by atoms with Crippen LogP contribution in [0.3, 0.4) is 0 Å². The van der Waals surface area contributed by atoms with Crippen molar-refractivity contribution in [3.63, 3.8) is 0 Å². The average Bonchev–Trinajstić information content (AvgIpc) is 2.87. The van der Waals surface area contributed by atoms with Gasteiger partial charge in [-0.05, 0) is 49.4 Å². The summed E-state index contributed by atoms with van der Waals surface area (Å²) in [5.41, 5.74) is 0.565. The number of hydrogen-bond acceptors (Lipinski definition) is 7. The smallest absolute Gasteiger partial charge is 0.328 e. The van der Waals surface area contributed by atoms with E-state index >= 15 is 0 Å². The van der Waals surface area contributed by atoms with E-state index in [2.05, 4.69) is 4.74 Å². The Balaban J connectivity index is 2.37. The second-order valence-corrected chi connectivity index (χ2v) is 6.62. The molecule has 1 heterocycles. The van der Waals surface area contributed by atoms with E-state index in [9.17, 15) is 14.4 Å². The van der Waals surface area contributed by atoms with Crippen molar-refractivity contribution in [3.05, 3.63) is 27.6 Å². The highest BCUT2D eigenvalue weighted by atomic mass is 35.5. The van der Waals surface area contributed by atoms with Crippen LogP contribution in [0.4, 0.5) is 4.79 Å². The van der Waals surface area contributed by atoms with Gasteiger partial charge in [-0.2, -0.15) is 0 Å². The summed E-state index contributed by atoms with van der Waals surface area (Å²) in [5.74, 6) is -0.420. The molecule has 1 aliphatic rings. The van der Waals surface area contributed by atoms with E-state index in [0.29, 0.717) is 28.7 Å². The Morgan fingerprint density at radius 1 is 1.35 bits per heavy atom. The third-order valence-electron chi connectivity index (χ3n) is 3.59. The van der Waals surface area contributed by atoms with Gasteiger partial charge in [0.1, 0.15) is 6.04 Å². The SMILES string of the molecule is CCOc1cc(/C=C2\SC(=O)N([C@@H](C)C(=O)OC)C2=O)cc(Cl)c1OC. The fourth-order valence-electron chi connectivity index (χ4n) is 2.37. The summed E-state index contributed by atoms with van der Waals surface area (Å²) in [5, 5.41) is -0.226. The molecule has 1 fully saturated rings. The first kappa shape index (κ1) is 20.1. The van der Waals surface area contributed by atoms with Gasteiger partial charge in [-0.15, -0.1) is 0 Å². The quantitative estimate of drug-likeness (QED) is 0.535. The highest BCUT2D eigenvalue weighted by Gasteiger charge is 2.41. The van der Waals surface area contributed by atoms with Crippen LogP contribution < -0.4 is 9.47 Å². The lowest BCUT2D eigenvalue weighted by atomic mass is 10.1. The molecule has 1 atom stereocenters. The number of amides is 2. The van der Waals surface area contributed by atoms with Crippen LogP contribution in [0.1, 0.15) is 19.4 Å². The summed E-state index contributed by atoms with van der Waals surface area (Å²) in [7, 11) is 2.67. The van der Waals surface area contributed by atoms with Crippen LogP contribution >= 0.6 is 23.4 Å². The minimum absolute atomic E-state index is 0.175. The summed E-state index contributed by atoms with van der Waals surface area (Å²) >= 11 is 6.94. The van der Waals surface area contributed by atoms with Gasteiger partial charge in [-0.25, -0.2) is 4.79 Å². The summed E-state index contributed by atoms with van der Waals surface area (Å²) < 4.78 is 15.3. The van der Waals surface area contributed by atoms with Crippen molar-refractivity contribution in [2.75, 3.05) is 20.8 Å². The number of ether oxygens (including phenoxy) is 3. The van der Waals surface area contributed by atoms with Gasteiger partial charge in [0.25, 0.3) is 11.1 Å². The Morgan fingerprint density at radius 3 is 2.62 bits per heavy atom. The van der Waals surface area contributed by atoms with Gasteiger partial charge in [0.15, 0.2) is 11.5 Å². The Kier molecular flexibility index (Phi) is 6.55. The predicted molar refractivity (Wildman–Crippen MR) is 98.5 cm³/mol. The van der Waals surface area contributed by atoms with Crippen LogP contribution in [-0.4, -0.2) is 48.9 Å². The number of nitrogens with zero attached hydrogens (tertiary/aromatic N) is 1. The fraction of sp³-hybridized carbons (Fsp3) is 0.353. The molecule has 0 aliphatic carbocycles. The van der Waals surface area contributed by atoms with Crippen molar-refractivity contribution in [2.24, 2.45) is 0 Å². The molecule has 0 aromatic heterocycles. The van der Waals surface area contributed by atoms with Gasteiger partial charge in [0, 0.05) is 0 Å². The number of rotatable bonds is 6. The van der Waals surface area contributed by atoms with E-state index in [-0.39, 0.29) is 4.91 Å². The van der Waals surface area contributed by atoms with Crippen LogP contribution in [-0.2, 0) is 14.3 Å². The molecule has 0 saturated carbocycles. The number of methoxy groups -OCH3 is 2. The lowest BCUT2D eigenvalue weighted by Gasteiger charge is -2.18. The van der Waals surface area contributed by atoms with Gasteiger partial charge >= 0.3 is 5.97 Å². The predicted octanol–water partition coefficient (Wildman–Crippen LogP) is 3.35. The van der Waals surface area contributed by atoms with Crippen molar-refractivity contribution in [3.8, 4) is 11.5 Å². The van der Waals surface area contributed by atoms with Crippen LogP contribution in [0.15, 0.2) is 17.0 Å². The molecule has 1 aliphatic heterocycles. The van der Waals surface area contributed by atoms with E-state index in [0.717, 1.165) is 16.7 Å². The fourth-order valence-corrected chi connectivity index (χ4v) is 3.58. The third-order valence-corrected chi connectivity index (χ3v) is 4.75. The molecule has 140 valence electrons. The Labute approximate surface area is 160 Å². The number of carbonyl (C=O) groups excluding carboxylic acids is 3. The third kappa shape index (κ3) is 3.96. The molecule has 0 bridgehead atoms. The molecule has 1 saturated heterocycles. The zero-order valence-corrected chi connectivity index (χ0v) is 16.3. The molecule has 1 aromatic carbocycles. The number of carbonyl (C=O) groups is 3. The van der Waals surface area contributed by atoms with Gasteiger partial charge in [-0.3, -0.25) is 14.5 Å². The Morgan fingerprint density at radius 2 is 2.04 bits per heavy atom. The molecular formula is C17H18ClNO6S. The average molecular weight is 400 g/mol. The Hall–Kier alpha value is -2.19. The van der Waals surface area contributed by atoms with E-state index < -0.39 is 23.2 Å². The number of benzene rings is 1. The maximum Gasteiger partial charge on any atom is 0.328 e. The molecule has 2 rings (SSSR count). The van der Waals surface area contributed by atoms with Crippen LogP contribution in [0, 0.1) is 0 Å². The molecule has 0 spiro atoms. The first-order valence-corrected chi connectivity index (χ1v) is 8.88. The number of hydrogen-bond donors (Lipinski definition) is 0. The van der Waals surface area contributed by atoms with E-state index in [4.69, 9.17) is 21.1 Å². The summed E-state index contributed by atoms with van der Waals surface area (Å²) in [6.07, 6.45) is 1.52. The lowest BCUT2D eigenvalue weighted by molar-refractivity contribution is -0.148. The van der Waals surface area contributed by atoms with E-state index in [1.54, 1.807) is 12.1 Å². The number of halogens is 1. The van der Waals surface area contributed by atoms with Crippen molar-refractivity contribution in [1.29, 1.82) is 0 Å². The van der Waals surface area contributed by atoms with Crippen molar-refractivity contribution < 1.29 is 28.6 Å². The standard InChI is InChI=1S/C17H18ClNO6S/c1-5-25-12-7-10(6-11(18)14(12)23-3)8-13-15(20)19(17(22)26-13)9(2)16(21)24-4/h6-9H,5H2,1-4H3/b13-8-/t9-/m0/s1. The largest absolute Gasteiger partial charge is 0.491 e. The number of thioether (sulfide) groups is 1. The minimum Gasteiger partial charge on any atom is -0.491 e. The zero-order valence-electron chi connectivity index (χ0n) is 14.7. The maximum atomic E-state index is 12.5. The topological polar surface area (TPSA) is 82.1 Å². The molecule has 0 unspecified atom stereocenters. The number of esters is 1. The van der Waals surface area contributed by atoms with Crippen molar-refractivity contribution >= 4 is 46.6 Å². The molecule has 0 radical (unpaired) electrons. The summed E-state index contributed by atoms with van der Waals surface area (Å²) in [6, 6.07) is 2.25. The van der Waals surface area contributed by atoms with Gasteiger partial charge in [0.2, 0.25) is 0 Å². The molecule has 0 N–H and O–H groups in total. The van der Waals surface area contributed by atoms with Gasteiger partial charge in [0.05, 0.1) is 30.8 Å². The van der Waals surface area contributed by atoms with Crippen LogP contribution in [0.25, 0.3) is 6.08 Å². The normalized spacial score (nSPS) is 16.8. The van der Waals surface area contributed by atoms with Gasteiger partial charge in [-0.1, -0.05) is 11.6 Å². The highest BCUT2D eigenvalue weighted by Crippen LogP contribution is 2.39. The van der Waals surface area contributed by atoms with Crippen LogP contribution in [0.5, 0.6) is 11.5 Å². The lowest BCUT2D eigenvalue weighted by Crippen LogP contribution is -2.42. The highest BCUT2D eigenvalue weighted by molar-refractivity contribution is 8.18. The molecule has 2 amide bonds. The first-order chi connectivity index (χ1) is 12.3. The zero-order chi connectivity index (χ0) is 19.4. The molecule has 7 nitrogen and oxygen atoms in total. The Bertz CT molecular complexity index is 779. The maximum absolute atomic E-state index is 12.5. The summed E-state index contributed by atoms with van der Waals surface area (Å²) in [4.78, 5) is 37.3. The van der Waals surface area contributed by atoms with Crippen molar-refractivity contribution in [1.82, 2.24) is 4.90 Å². The van der Waals surface area contributed by atoms with Crippen LogP contribution in [0.2, 0.25) is 5.02 Å². The monoisotopic (exact) mass is 399 g/mol. The second kappa shape index (κ2) is 8.46. The minimum atomic E-state index is -1.00. The van der Waals surface area contributed by atoms with Crippen molar-refractivity contribution in [2.45, 2.75) is 19.9 Å². The molecular weight excluding hydrogens is 382 g/mol. The van der Waals surface area contributed by atoms with E-state index in [1.807, 2.05) is 6.92 Å². The van der Waals surface area contributed by atoms with E-state index in [1.165, 1.54) is 27.2 Å². The first-order valence-electron chi connectivity index (χ1n) is 7.69. The van der Waals surface area contributed by atoms with Gasteiger partial charge < -0.3 is 14.2 Å².